The van der Waals surface area contributed by atoms with Gasteiger partial charge in [0, 0.05) is 11.4 Å². The largest absolute Gasteiger partial charge is 0.416 e. The summed E-state index contributed by atoms with van der Waals surface area (Å²) in [6.45, 7) is 2.02. The predicted octanol–water partition coefficient (Wildman–Crippen LogP) is 3.28. The monoisotopic (exact) mass is 336 g/mol. The molecular formula is C14H13ClN4O2S. The minimum Gasteiger partial charge on any atom is -0.416 e. The van der Waals surface area contributed by atoms with Gasteiger partial charge in [0.15, 0.2) is 0 Å². The number of nitriles is 1. The normalized spacial score (nSPS) is 10.2. The molecule has 0 fully saturated rings. The van der Waals surface area contributed by atoms with Gasteiger partial charge in [0.05, 0.1) is 17.0 Å². The molecule has 0 saturated carbocycles. The molecular weight excluding hydrogens is 324 g/mol. The van der Waals surface area contributed by atoms with Crippen LogP contribution in [0.25, 0.3) is 0 Å². The quantitative estimate of drug-likeness (QED) is 0.814. The van der Waals surface area contributed by atoms with Crippen molar-refractivity contribution in [2.75, 3.05) is 11.1 Å². The number of benzene rings is 1. The average molecular weight is 337 g/mol. The van der Waals surface area contributed by atoms with Crippen LogP contribution in [0.15, 0.2) is 27.8 Å². The highest BCUT2D eigenvalue weighted by atomic mass is 35.5. The number of anilines is 1. The Morgan fingerprint density at radius 1 is 1.50 bits per heavy atom. The second kappa shape index (κ2) is 7.82. The minimum atomic E-state index is -0.279. The van der Waals surface area contributed by atoms with Crippen molar-refractivity contribution in [3.63, 3.8) is 0 Å². The first-order chi connectivity index (χ1) is 10.6. The molecule has 0 aliphatic heterocycles. The van der Waals surface area contributed by atoms with Crippen molar-refractivity contribution in [3.05, 3.63) is 34.7 Å². The van der Waals surface area contributed by atoms with Crippen LogP contribution in [-0.2, 0) is 11.2 Å². The maximum absolute atomic E-state index is 11.9. The van der Waals surface area contributed by atoms with E-state index in [2.05, 4.69) is 15.5 Å². The molecule has 114 valence electrons. The number of aryl methyl sites for hydroxylation is 1. The SMILES string of the molecule is CCCc1nnc(SCC(=O)Nc2cc(Cl)ccc2C#N)o1. The van der Waals surface area contributed by atoms with Crippen molar-refractivity contribution in [2.24, 2.45) is 0 Å². The molecule has 8 heteroatoms. The molecule has 1 aromatic carbocycles. The Morgan fingerprint density at radius 2 is 2.32 bits per heavy atom. The molecule has 2 rings (SSSR count). The van der Waals surface area contributed by atoms with Crippen molar-refractivity contribution in [1.82, 2.24) is 10.2 Å². The van der Waals surface area contributed by atoms with Crippen LogP contribution >= 0.6 is 23.4 Å². The van der Waals surface area contributed by atoms with E-state index in [4.69, 9.17) is 21.3 Å². The Balaban J connectivity index is 1.93. The number of amides is 1. The number of nitrogens with one attached hydrogen (secondary N) is 1. The fourth-order valence-electron chi connectivity index (χ4n) is 1.64. The summed E-state index contributed by atoms with van der Waals surface area (Å²) in [5, 5.41) is 20.2. The second-order valence-corrected chi connectivity index (χ2v) is 5.71. The van der Waals surface area contributed by atoms with Crippen LogP contribution in [0, 0.1) is 11.3 Å². The van der Waals surface area contributed by atoms with Gasteiger partial charge in [0.2, 0.25) is 11.8 Å². The molecule has 0 bridgehead atoms. The molecule has 0 atom stereocenters. The number of halogens is 1. The smallest absolute Gasteiger partial charge is 0.277 e. The van der Waals surface area contributed by atoms with Gasteiger partial charge in [0.1, 0.15) is 6.07 Å². The van der Waals surface area contributed by atoms with Gasteiger partial charge < -0.3 is 9.73 Å². The van der Waals surface area contributed by atoms with Crippen molar-refractivity contribution in [1.29, 1.82) is 5.26 Å². The third-order valence-electron chi connectivity index (χ3n) is 2.62. The Bertz CT molecular complexity index is 711. The van der Waals surface area contributed by atoms with Crippen molar-refractivity contribution >= 4 is 35.0 Å². The fraction of sp³-hybridized carbons (Fsp3) is 0.286. The van der Waals surface area contributed by atoms with Crippen LogP contribution in [-0.4, -0.2) is 21.9 Å². The fourth-order valence-corrected chi connectivity index (χ4v) is 2.39. The topological polar surface area (TPSA) is 91.8 Å². The molecule has 0 saturated heterocycles. The van der Waals surface area contributed by atoms with Gasteiger partial charge in [-0.25, -0.2) is 0 Å². The number of carbonyl (C=O) groups is 1. The molecule has 22 heavy (non-hydrogen) atoms. The van der Waals surface area contributed by atoms with Gasteiger partial charge >= 0.3 is 0 Å². The van der Waals surface area contributed by atoms with Crippen LogP contribution < -0.4 is 5.32 Å². The lowest BCUT2D eigenvalue weighted by Crippen LogP contribution is -2.15. The standard InChI is InChI=1S/C14H13ClN4O2S/c1-2-3-13-18-19-14(21-13)22-8-12(20)17-11-6-10(15)5-4-9(11)7-16/h4-6H,2-3,8H2,1H3,(H,17,20). The first-order valence-electron chi connectivity index (χ1n) is 6.57. The minimum absolute atomic E-state index is 0.102. The molecule has 1 heterocycles. The van der Waals surface area contributed by atoms with E-state index in [1.54, 1.807) is 12.1 Å². The molecule has 0 aliphatic carbocycles. The third kappa shape index (κ3) is 4.48. The van der Waals surface area contributed by atoms with Crippen molar-refractivity contribution in [3.8, 4) is 6.07 Å². The number of thioether (sulfide) groups is 1. The van der Waals surface area contributed by atoms with E-state index in [1.807, 2.05) is 13.0 Å². The lowest BCUT2D eigenvalue weighted by atomic mass is 10.2. The Morgan fingerprint density at radius 3 is 3.05 bits per heavy atom. The predicted molar refractivity (Wildman–Crippen MR) is 83.8 cm³/mol. The number of rotatable bonds is 6. The third-order valence-corrected chi connectivity index (χ3v) is 3.67. The molecule has 0 spiro atoms. The zero-order valence-electron chi connectivity index (χ0n) is 11.8. The highest BCUT2D eigenvalue weighted by molar-refractivity contribution is 7.99. The molecule has 2 aromatic rings. The highest BCUT2D eigenvalue weighted by Crippen LogP contribution is 2.22. The summed E-state index contributed by atoms with van der Waals surface area (Å²) in [4.78, 5) is 11.9. The van der Waals surface area contributed by atoms with Crippen LogP contribution in [0.4, 0.5) is 5.69 Å². The summed E-state index contributed by atoms with van der Waals surface area (Å²) in [7, 11) is 0. The van der Waals surface area contributed by atoms with E-state index in [0.29, 0.717) is 33.8 Å². The molecule has 0 aliphatic rings. The van der Waals surface area contributed by atoms with Crippen LogP contribution in [0.1, 0.15) is 24.8 Å². The van der Waals surface area contributed by atoms with E-state index in [9.17, 15) is 4.79 Å². The summed E-state index contributed by atoms with van der Waals surface area (Å²) in [6.07, 6.45) is 1.63. The zero-order valence-corrected chi connectivity index (χ0v) is 13.4. The van der Waals surface area contributed by atoms with Gasteiger partial charge in [-0.05, 0) is 24.6 Å². The molecule has 1 amide bonds. The summed E-state index contributed by atoms with van der Waals surface area (Å²) in [6, 6.07) is 6.69. The number of hydrogen-bond donors (Lipinski definition) is 1. The van der Waals surface area contributed by atoms with E-state index in [1.165, 1.54) is 6.07 Å². The van der Waals surface area contributed by atoms with Gasteiger partial charge in [-0.3, -0.25) is 4.79 Å². The Hall–Kier alpha value is -2.04. The molecule has 0 radical (unpaired) electrons. The summed E-state index contributed by atoms with van der Waals surface area (Å²) < 4.78 is 5.38. The molecule has 0 unspecified atom stereocenters. The number of nitrogens with zero attached hydrogens (tertiary/aromatic N) is 3. The average Bonchev–Trinajstić information content (AvgIpc) is 2.94. The van der Waals surface area contributed by atoms with Gasteiger partial charge in [0.25, 0.3) is 5.22 Å². The first-order valence-corrected chi connectivity index (χ1v) is 7.93. The van der Waals surface area contributed by atoms with Crippen LogP contribution in [0.3, 0.4) is 0 Å². The van der Waals surface area contributed by atoms with Crippen LogP contribution in [0.5, 0.6) is 0 Å². The van der Waals surface area contributed by atoms with Gasteiger partial charge in [-0.1, -0.05) is 30.3 Å². The summed E-state index contributed by atoms with van der Waals surface area (Å²) >= 11 is 7.01. The van der Waals surface area contributed by atoms with E-state index < -0.39 is 0 Å². The Labute approximate surface area is 136 Å². The lowest BCUT2D eigenvalue weighted by molar-refractivity contribution is -0.113. The Kier molecular flexibility index (Phi) is 5.81. The highest BCUT2D eigenvalue weighted by Gasteiger charge is 2.11. The maximum atomic E-state index is 11.9. The molecule has 6 nitrogen and oxygen atoms in total. The van der Waals surface area contributed by atoms with Crippen molar-refractivity contribution < 1.29 is 9.21 Å². The van der Waals surface area contributed by atoms with Crippen molar-refractivity contribution in [2.45, 2.75) is 25.0 Å². The van der Waals surface area contributed by atoms with E-state index >= 15 is 0 Å². The lowest BCUT2D eigenvalue weighted by Gasteiger charge is -2.06. The summed E-state index contributed by atoms with van der Waals surface area (Å²) in [5.41, 5.74) is 0.739. The number of hydrogen-bond acceptors (Lipinski definition) is 6. The van der Waals surface area contributed by atoms with Crippen LogP contribution in [0.2, 0.25) is 5.02 Å². The van der Waals surface area contributed by atoms with E-state index in [0.717, 1.165) is 18.2 Å². The van der Waals surface area contributed by atoms with Gasteiger partial charge in [-0.2, -0.15) is 5.26 Å². The zero-order chi connectivity index (χ0) is 15.9. The van der Waals surface area contributed by atoms with Gasteiger partial charge in [-0.15, -0.1) is 10.2 Å². The van der Waals surface area contributed by atoms with E-state index in [-0.39, 0.29) is 11.7 Å². The molecule has 1 aromatic heterocycles. The summed E-state index contributed by atoms with van der Waals surface area (Å²) in [5.74, 6) is 0.386. The molecule has 1 N–H and O–H groups in total. The maximum Gasteiger partial charge on any atom is 0.277 e. The number of carbonyl (C=O) groups excluding carboxylic acids is 1. The first kappa shape index (κ1) is 16.3. The second-order valence-electron chi connectivity index (χ2n) is 4.35. The number of aromatic nitrogens is 2.